The van der Waals surface area contributed by atoms with E-state index >= 15 is 0 Å². The smallest absolute Gasteiger partial charge is 0.329 e. The average Bonchev–Trinajstić information content (AvgIpc) is 2.99. The van der Waals surface area contributed by atoms with E-state index in [0.29, 0.717) is 19.8 Å². The zero-order valence-corrected chi connectivity index (χ0v) is 17.1. The predicted octanol–water partition coefficient (Wildman–Crippen LogP) is 1.42. The van der Waals surface area contributed by atoms with Gasteiger partial charge in [-0.05, 0) is 6.42 Å². The number of hydrogen-bond acceptors (Lipinski definition) is 7. The lowest BCUT2D eigenvalue weighted by Gasteiger charge is -2.26. The monoisotopic (exact) mass is 417 g/mol. The highest BCUT2D eigenvalue weighted by molar-refractivity contribution is 8.00. The van der Waals surface area contributed by atoms with E-state index in [1.54, 1.807) is 18.9 Å². The van der Waals surface area contributed by atoms with Gasteiger partial charge < -0.3 is 23.4 Å². The molecular formula is C16H24N3O6PS. The molecule has 2 unspecified atom stereocenters. The van der Waals surface area contributed by atoms with E-state index in [4.69, 9.17) is 25.1 Å². The molecule has 1 N–H and O–H groups in total. The molecule has 0 amide bonds. The number of nitrogens with zero attached hydrogens (tertiary/aromatic N) is 2. The van der Waals surface area contributed by atoms with Crippen molar-refractivity contribution in [2.45, 2.75) is 36.2 Å². The van der Waals surface area contributed by atoms with Crippen molar-refractivity contribution < 1.29 is 18.5 Å². The van der Waals surface area contributed by atoms with Crippen molar-refractivity contribution in [3.8, 4) is 0 Å². The van der Waals surface area contributed by atoms with Crippen LogP contribution in [0.4, 0.5) is 0 Å². The Balaban J connectivity index is 2.17. The van der Waals surface area contributed by atoms with Gasteiger partial charge in [-0.2, -0.15) is 0 Å². The van der Waals surface area contributed by atoms with Crippen LogP contribution < -0.4 is 11.2 Å². The summed E-state index contributed by atoms with van der Waals surface area (Å²) < 4.78 is 23.8. The number of hydrogen-bond donors (Lipinski definition) is 1. The van der Waals surface area contributed by atoms with Gasteiger partial charge in [-0.3, -0.25) is 14.3 Å². The molecule has 0 spiro atoms. The minimum absolute atomic E-state index is 0.0957. The third-order valence-electron chi connectivity index (χ3n) is 3.96. The lowest BCUT2D eigenvalue weighted by Crippen LogP contribution is -2.39. The Labute approximate surface area is 163 Å². The molecule has 0 radical (unpaired) electrons. The minimum Gasteiger partial charge on any atom is -0.382 e. The van der Waals surface area contributed by atoms with E-state index < -0.39 is 17.4 Å². The zero-order valence-electron chi connectivity index (χ0n) is 15.3. The molecule has 27 heavy (non-hydrogen) atoms. The van der Waals surface area contributed by atoms with Gasteiger partial charge in [-0.25, -0.2) is 11.4 Å². The van der Waals surface area contributed by atoms with Gasteiger partial charge in [-0.1, -0.05) is 6.92 Å². The molecule has 11 heteroatoms. The fourth-order valence-corrected chi connectivity index (χ4v) is 5.05. The Morgan fingerprint density at radius 3 is 2.81 bits per heavy atom. The maximum atomic E-state index is 12.3. The lowest BCUT2D eigenvalue weighted by atomic mass is 10.1. The number of rotatable bonds is 11. The van der Waals surface area contributed by atoms with E-state index in [9.17, 15) is 9.59 Å². The van der Waals surface area contributed by atoms with Crippen LogP contribution in [0.3, 0.4) is 0 Å². The Morgan fingerprint density at radius 1 is 1.33 bits per heavy atom. The number of methoxy groups -OCH3 is 1. The quantitative estimate of drug-likeness (QED) is 0.330. The van der Waals surface area contributed by atoms with Crippen molar-refractivity contribution in [1.29, 1.82) is 0 Å². The number of H-pyrrole nitrogens is 1. The molecule has 1 saturated heterocycles. The van der Waals surface area contributed by atoms with Crippen LogP contribution in [0, 0.1) is 6.57 Å². The number of nitrogens with one attached hydrogen (secondary N) is 1. The van der Waals surface area contributed by atoms with E-state index in [1.807, 2.05) is 6.92 Å². The van der Waals surface area contributed by atoms with Crippen LogP contribution in [0.5, 0.6) is 0 Å². The van der Waals surface area contributed by atoms with Gasteiger partial charge in [0.1, 0.15) is 24.2 Å². The van der Waals surface area contributed by atoms with Crippen molar-refractivity contribution in [3.63, 3.8) is 0 Å². The van der Waals surface area contributed by atoms with Gasteiger partial charge in [0.2, 0.25) is 6.54 Å². The number of thioether (sulfide) groups is 1. The van der Waals surface area contributed by atoms with Crippen molar-refractivity contribution in [3.05, 3.63) is 44.5 Å². The second-order valence-electron chi connectivity index (χ2n) is 5.71. The largest absolute Gasteiger partial charge is 0.382 e. The van der Waals surface area contributed by atoms with Gasteiger partial charge in [0.05, 0.1) is 13.2 Å². The van der Waals surface area contributed by atoms with Crippen LogP contribution in [0.2, 0.25) is 0 Å². The third kappa shape index (κ3) is 6.14. The number of aromatic amines is 1. The van der Waals surface area contributed by atoms with Crippen LogP contribution in [0.25, 0.3) is 4.85 Å². The first-order valence-electron chi connectivity index (χ1n) is 8.55. The molecule has 2 rings (SSSR count). The molecule has 0 saturated carbocycles. The Bertz CT molecular complexity index is 736. The molecule has 0 bridgehead atoms. The minimum atomic E-state index is -0.480. The summed E-state index contributed by atoms with van der Waals surface area (Å²) in [5, 5.41) is -0.243. The first kappa shape index (κ1) is 22.1. The molecule has 0 aromatic carbocycles. The first-order valence-corrected chi connectivity index (χ1v) is 10.3. The van der Waals surface area contributed by atoms with Gasteiger partial charge in [0.15, 0.2) is 9.03 Å². The van der Waals surface area contributed by atoms with E-state index in [-0.39, 0.29) is 32.3 Å². The fourth-order valence-electron chi connectivity index (χ4n) is 2.70. The van der Waals surface area contributed by atoms with Gasteiger partial charge >= 0.3 is 5.69 Å². The SMILES string of the molecule is [C-]#[N+]CCOPO[C@@H]1C(OCCOC)[C@H](n2ccc(=O)[nH]c2=O)S[C@@H]1CC. The summed E-state index contributed by atoms with van der Waals surface area (Å²) in [7, 11) is 1.38. The Hall–Kier alpha value is -1.21. The summed E-state index contributed by atoms with van der Waals surface area (Å²) in [6.07, 6.45) is 1.61. The summed E-state index contributed by atoms with van der Waals surface area (Å²) in [4.78, 5) is 29.2. The van der Waals surface area contributed by atoms with Crippen molar-refractivity contribution in [1.82, 2.24) is 9.55 Å². The van der Waals surface area contributed by atoms with Gasteiger partial charge in [-0.15, -0.1) is 11.8 Å². The molecule has 1 fully saturated rings. The predicted molar refractivity (Wildman–Crippen MR) is 104 cm³/mol. The average molecular weight is 417 g/mol. The normalized spacial score (nSPS) is 25.2. The Morgan fingerprint density at radius 2 is 2.15 bits per heavy atom. The van der Waals surface area contributed by atoms with E-state index in [1.165, 1.54) is 16.8 Å². The van der Waals surface area contributed by atoms with Crippen LogP contribution in [-0.2, 0) is 18.5 Å². The molecule has 1 aromatic rings. The third-order valence-corrected chi connectivity index (χ3v) is 6.37. The summed E-state index contributed by atoms with van der Waals surface area (Å²) in [6.45, 7) is 10.2. The summed E-state index contributed by atoms with van der Waals surface area (Å²) in [5.74, 6) is 0. The van der Waals surface area contributed by atoms with E-state index in [0.717, 1.165) is 6.42 Å². The lowest BCUT2D eigenvalue weighted by molar-refractivity contribution is -0.0438. The summed E-state index contributed by atoms with van der Waals surface area (Å²) in [5.41, 5.74) is -0.919. The van der Waals surface area contributed by atoms with Gasteiger partial charge in [0.25, 0.3) is 5.56 Å². The van der Waals surface area contributed by atoms with Crippen molar-refractivity contribution in [2.24, 2.45) is 0 Å². The highest BCUT2D eigenvalue weighted by Crippen LogP contribution is 2.47. The highest BCUT2D eigenvalue weighted by atomic mass is 32.2. The zero-order chi connectivity index (χ0) is 19.6. The van der Waals surface area contributed by atoms with Crippen LogP contribution in [-0.4, -0.2) is 60.5 Å². The molecular weight excluding hydrogens is 393 g/mol. The number of ether oxygens (including phenoxy) is 2. The second kappa shape index (κ2) is 11.6. The second-order valence-corrected chi connectivity index (χ2v) is 7.77. The summed E-state index contributed by atoms with van der Waals surface area (Å²) in [6, 6.07) is 1.32. The topological polar surface area (TPSA) is 96.1 Å². The van der Waals surface area contributed by atoms with Crippen LogP contribution in [0.15, 0.2) is 21.9 Å². The van der Waals surface area contributed by atoms with Gasteiger partial charge in [0, 0.05) is 24.6 Å². The maximum Gasteiger partial charge on any atom is 0.329 e. The molecule has 1 aliphatic rings. The Kier molecular flexibility index (Phi) is 9.48. The standard InChI is InChI=1S/C16H24N3O6PS/c1-4-11-13(25-26-24-8-6-17-2)14(23-10-9-22-3)15(27-11)19-7-5-12(20)18-16(19)21/h5,7,11,13-15,26H,4,6,8-10H2,1,3H3,(H,18,20,21)/t11-,13+,14?,15-/m1/s1. The van der Waals surface area contributed by atoms with Crippen LogP contribution >= 0.6 is 20.8 Å². The molecule has 2 heterocycles. The van der Waals surface area contributed by atoms with E-state index in [2.05, 4.69) is 9.83 Å². The fraction of sp³-hybridized carbons (Fsp3) is 0.688. The van der Waals surface area contributed by atoms with Crippen molar-refractivity contribution >= 4 is 20.8 Å². The first-order chi connectivity index (χ1) is 13.1. The number of aromatic nitrogens is 2. The molecule has 0 aliphatic carbocycles. The summed E-state index contributed by atoms with van der Waals surface area (Å²) >= 11 is 1.58. The molecule has 1 aromatic heterocycles. The molecule has 5 atom stereocenters. The van der Waals surface area contributed by atoms with Crippen molar-refractivity contribution in [2.75, 3.05) is 33.5 Å². The molecule has 9 nitrogen and oxygen atoms in total. The van der Waals surface area contributed by atoms with Crippen LogP contribution in [0.1, 0.15) is 18.7 Å². The molecule has 150 valence electrons. The molecule has 1 aliphatic heterocycles. The maximum absolute atomic E-state index is 12.3. The highest BCUT2D eigenvalue weighted by Gasteiger charge is 2.46.